The first kappa shape index (κ1) is 18.5. The molecule has 0 atom stereocenters. The number of hydrogen-bond acceptors (Lipinski definition) is 3. The fourth-order valence-corrected chi connectivity index (χ4v) is 3.50. The van der Waals surface area contributed by atoms with Gasteiger partial charge in [0.1, 0.15) is 0 Å². The summed E-state index contributed by atoms with van der Waals surface area (Å²) in [6.45, 7) is 0.639. The standard InChI is InChI=1S/C20H20ClN3OS/c1-24-18(16-7-9-17(21)10-8-16)13-23-20(24)26-14-19(25)22-12-11-15-5-3-2-4-6-15/h2-10,13H,11-12,14H2,1H3,(H,22,25). The number of thioether (sulfide) groups is 1. The molecular formula is C20H20ClN3OS. The fourth-order valence-electron chi connectivity index (χ4n) is 2.59. The van der Waals surface area contributed by atoms with E-state index in [4.69, 9.17) is 11.6 Å². The third-order valence-corrected chi connectivity index (χ3v) is 5.29. The molecule has 0 spiro atoms. The van der Waals surface area contributed by atoms with Gasteiger partial charge in [0.2, 0.25) is 5.91 Å². The number of benzene rings is 2. The van der Waals surface area contributed by atoms with E-state index in [-0.39, 0.29) is 5.91 Å². The van der Waals surface area contributed by atoms with Gasteiger partial charge in [0, 0.05) is 18.6 Å². The lowest BCUT2D eigenvalue weighted by molar-refractivity contribution is -0.118. The van der Waals surface area contributed by atoms with Gasteiger partial charge in [0.15, 0.2) is 5.16 Å². The van der Waals surface area contributed by atoms with Crippen LogP contribution in [0.3, 0.4) is 0 Å². The van der Waals surface area contributed by atoms with E-state index in [0.717, 1.165) is 22.8 Å². The molecule has 26 heavy (non-hydrogen) atoms. The van der Waals surface area contributed by atoms with E-state index in [9.17, 15) is 4.79 Å². The Hall–Kier alpha value is -2.24. The van der Waals surface area contributed by atoms with Crippen molar-refractivity contribution in [3.05, 3.63) is 71.4 Å². The van der Waals surface area contributed by atoms with Gasteiger partial charge < -0.3 is 9.88 Å². The first-order chi connectivity index (χ1) is 12.6. The third kappa shape index (κ3) is 4.90. The predicted molar refractivity (Wildman–Crippen MR) is 108 cm³/mol. The van der Waals surface area contributed by atoms with Crippen LogP contribution >= 0.6 is 23.4 Å². The maximum absolute atomic E-state index is 12.0. The molecule has 0 unspecified atom stereocenters. The van der Waals surface area contributed by atoms with Gasteiger partial charge in [-0.05, 0) is 29.7 Å². The maximum atomic E-state index is 12.0. The summed E-state index contributed by atoms with van der Waals surface area (Å²) in [6, 6.07) is 17.8. The van der Waals surface area contributed by atoms with Crippen molar-refractivity contribution >= 4 is 29.3 Å². The van der Waals surface area contributed by atoms with Crippen LogP contribution in [0.15, 0.2) is 66.0 Å². The minimum Gasteiger partial charge on any atom is -0.355 e. The topological polar surface area (TPSA) is 46.9 Å². The van der Waals surface area contributed by atoms with Crippen molar-refractivity contribution in [1.82, 2.24) is 14.9 Å². The highest BCUT2D eigenvalue weighted by Gasteiger charge is 2.11. The summed E-state index contributed by atoms with van der Waals surface area (Å²) < 4.78 is 1.99. The third-order valence-electron chi connectivity index (χ3n) is 4.00. The number of hydrogen-bond donors (Lipinski definition) is 1. The van der Waals surface area contributed by atoms with E-state index >= 15 is 0 Å². The van der Waals surface area contributed by atoms with Crippen molar-refractivity contribution in [3.63, 3.8) is 0 Å². The SMILES string of the molecule is Cn1c(-c2ccc(Cl)cc2)cnc1SCC(=O)NCCc1ccccc1. The summed E-state index contributed by atoms with van der Waals surface area (Å²) in [6.07, 6.45) is 2.65. The number of carbonyl (C=O) groups is 1. The van der Waals surface area contributed by atoms with E-state index in [1.807, 2.05) is 60.3 Å². The predicted octanol–water partition coefficient (Wildman–Crippen LogP) is 4.19. The molecule has 0 radical (unpaired) electrons. The Morgan fingerprint density at radius 2 is 1.88 bits per heavy atom. The molecule has 3 aromatic rings. The lowest BCUT2D eigenvalue weighted by Gasteiger charge is -2.07. The minimum atomic E-state index is 0.0157. The molecule has 1 aromatic heterocycles. The van der Waals surface area contributed by atoms with Crippen molar-refractivity contribution < 1.29 is 4.79 Å². The van der Waals surface area contributed by atoms with Gasteiger partial charge in [-0.25, -0.2) is 4.98 Å². The molecule has 2 aromatic carbocycles. The van der Waals surface area contributed by atoms with E-state index in [1.165, 1.54) is 17.3 Å². The Balaban J connectivity index is 1.50. The van der Waals surface area contributed by atoms with Crippen molar-refractivity contribution in [2.45, 2.75) is 11.6 Å². The summed E-state index contributed by atoms with van der Waals surface area (Å²) in [5.74, 6) is 0.363. The highest BCUT2D eigenvalue weighted by molar-refractivity contribution is 7.99. The van der Waals surface area contributed by atoms with Crippen molar-refractivity contribution in [2.24, 2.45) is 7.05 Å². The molecular weight excluding hydrogens is 366 g/mol. The molecule has 6 heteroatoms. The molecule has 0 aliphatic heterocycles. The zero-order chi connectivity index (χ0) is 18.4. The lowest BCUT2D eigenvalue weighted by Crippen LogP contribution is -2.27. The van der Waals surface area contributed by atoms with E-state index in [2.05, 4.69) is 22.4 Å². The number of nitrogens with zero attached hydrogens (tertiary/aromatic N) is 2. The second-order valence-electron chi connectivity index (χ2n) is 5.87. The number of nitrogens with one attached hydrogen (secondary N) is 1. The average molecular weight is 386 g/mol. The van der Waals surface area contributed by atoms with E-state index < -0.39 is 0 Å². The molecule has 0 saturated heterocycles. The lowest BCUT2D eigenvalue weighted by atomic mass is 10.1. The van der Waals surface area contributed by atoms with Crippen LogP contribution in [0.25, 0.3) is 11.3 Å². The van der Waals surface area contributed by atoms with Gasteiger partial charge in [0.05, 0.1) is 17.6 Å². The van der Waals surface area contributed by atoms with E-state index in [1.54, 1.807) is 0 Å². The Bertz CT molecular complexity index is 863. The summed E-state index contributed by atoms with van der Waals surface area (Å²) >= 11 is 7.37. The van der Waals surface area contributed by atoms with Crippen LogP contribution in [0.2, 0.25) is 5.02 Å². The van der Waals surface area contributed by atoms with Gasteiger partial charge in [0.25, 0.3) is 0 Å². The Morgan fingerprint density at radius 3 is 2.62 bits per heavy atom. The summed E-state index contributed by atoms with van der Waals surface area (Å²) in [5.41, 5.74) is 3.26. The highest BCUT2D eigenvalue weighted by Crippen LogP contribution is 2.25. The molecule has 1 amide bonds. The van der Waals surface area contributed by atoms with Crippen molar-refractivity contribution in [2.75, 3.05) is 12.3 Å². The largest absolute Gasteiger partial charge is 0.355 e. The average Bonchev–Trinajstić information content (AvgIpc) is 3.02. The van der Waals surface area contributed by atoms with Gasteiger partial charge in [-0.1, -0.05) is 65.8 Å². The zero-order valence-corrected chi connectivity index (χ0v) is 16.1. The number of amides is 1. The molecule has 0 fully saturated rings. The molecule has 0 saturated carbocycles. The highest BCUT2D eigenvalue weighted by atomic mass is 35.5. The number of carbonyl (C=O) groups excluding carboxylic acids is 1. The summed E-state index contributed by atoms with van der Waals surface area (Å²) in [7, 11) is 1.95. The van der Waals surface area contributed by atoms with Crippen LogP contribution in [0.1, 0.15) is 5.56 Å². The number of imidazole rings is 1. The molecule has 0 bridgehead atoms. The first-order valence-corrected chi connectivity index (χ1v) is 9.71. The van der Waals surface area contributed by atoms with Crippen LogP contribution < -0.4 is 5.32 Å². The number of aromatic nitrogens is 2. The second-order valence-corrected chi connectivity index (χ2v) is 7.25. The van der Waals surface area contributed by atoms with E-state index in [0.29, 0.717) is 17.3 Å². The fraction of sp³-hybridized carbons (Fsp3) is 0.200. The molecule has 0 aliphatic rings. The zero-order valence-electron chi connectivity index (χ0n) is 14.5. The van der Waals surface area contributed by atoms with Gasteiger partial charge in [-0.3, -0.25) is 4.79 Å². The molecule has 3 rings (SSSR count). The first-order valence-electron chi connectivity index (χ1n) is 8.34. The summed E-state index contributed by atoms with van der Waals surface area (Å²) in [5, 5.41) is 4.47. The minimum absolute atomic E-state index is 0.0157. The number of rotatable bonds is 7. The van der Waals surface area contributed by atoms with Crippen LogP contribution in [-0.2, 0) is 18.3 Å². The van der Waals surface area contributed by atoms with Crippen LogP contribution in [0.4, 0.5) is 0 Å². The van der Waals surface area contributed by atoms with Crippen LogP contribution in [0.5, 0.6) is 0 Å². The maximum Gasteiger partial charge on any atom is 0.230 e. The second kappa shape index (κ2) is 8.92. The van der Waals surface area contributed by atoms with Crippen molar-refractivity contribution in [3.8, 4) is 11.3 Å². The van der Waals surface area contributed by atoms with Crippen LogP contribution in [-0.4, -0.2) is 27.8 Å². The molecule has 1 N–H and O–H groups in total. The normalized spacial score (nSPS) is 10.7. The Kier molecular flexibility index (Phi) is 6.36. The van der Waals surface area contributed by atoms with Gasteiger partial charge in [-0.2, -0.15) is 0 Å². The Morgan fingerprint density at radius 1 is 1.15 bits per heavy atom. The quantitative estimate of drug-likeness (QED) is 0.620. The summed E-state index contributed by atoms with van der Waals surface area (Å²) in [4.78, 5) is 16.5. The van der Waals surface area contributed by atoms with Gasteiger partial charge >= 0.3 is 0 Å². The molecule has 134 valence electrons. The molecule has 1 heterocycles. The molecule has 4 nitrogen and oxygen atoms in total. The van der Waals surface area contributed by atoms with Crippen molar-refractivity contribution in [1.29, 1.82) is 0 Å². The Labute approximate surface area is 162 Å². The smallest absolute Gasteiger partial charge is 0.230 e. The number of halogens is 1. The monoisotopic (exact) mass is 385 g/mol. The van der Waals surface area contributed by atoms with Crippen LogP contribution in [0, 0.1) is 0 Å². The molecule has 0 aliphatic carbocycles. The van der Waals surface area contributed by atoms with Gasteiger partial charge in [-0.15, -0.1) is 0 Å².